The molecular weight excluding hydrogens is 282 g/mol. The molecule has 0 saturated heterocycles. The summed E-state index contributed by atoms with van der Waals surface area (Å²) in [6.07, 6.45) is 3.60. The van der Waals surface area contributed by atoms with Gasteiger partial charge in [0.15, 0.2) is 0 Å². The first-order chi connectivity index (χ1) is 10.5. The lowest BCUT2D eigenvalue weighted by Gasteiger charge is -2.11. The number of aryl methyl sites for hydroxylation is 1. The van der Waals surface area contributed by atoms with Crippen molar-refractivity contribution in [2.45, 2.75) is 32.7 Å². The molecule has 1 amide bonds. The maximum Gasteiger partial charge on any atom is 0.303 e. The zero-order valence-corrected chi connectivity index (χ0v) is 12.6. The Morgan fingerprint density at radius 1 is 1.36 bits per heavy atom. The van der Waals surface area contributed by atoms with Gasteiger partial charge in [-0.15, -0.1) is 0 Å². The molecule has 116 valence electrons. The van der Waals surface area contributed by atoms with Crippen LogP contribution in [0, 0.1) is 6.92 Å². The van der Waals surface area contributed by atoms with Crippen molar-refractivity contribution in [2.24, 2.45) is 0 Å². The average Bonchev–Trinajstić information content (AvgIpc) is 2.95. The molecule has 1 heterocycles. The molecule has 22 heavy (non-hydrogen) atoms. The molecule has 6 heteroatoms. The zero-order chi connectivity index (χ0) is 16.1. The van der Waals surface area contributed by atoms with E-state index in [9.17, 15) is 9.59 Å². The number of hydrogen-bond acceptors (Lipinski definition) is 3. The zero-order valence-electron chi connectivity index (χ0n) is 12.6. The average molecular weight is 301 g/mol. The number of amides is 1. The third-order valence-electron chi connectivity index (χ3n) is 3.38. The number of carbonyl (C=O) groups excluding carboxylic acids is 1. The smallest absolute Gasteiger partial charge is 0.303 e. The van der Waals surface area contributed by atoms with Crippen LogP contribution in [-0.2, 0) is 4.79 Å². The molecule has 6 nitrogen and oxygen atoms in total. The van der Waals surface area contributed by atoms with Crippen LogP contribution in [0.15, 0.2) is 36.7 Å². The highest BCUT2D eigenvalue weighted by Gasteiger charge is 2.13. The fraction of sp³-hybridized carbons (Fsp3) is 0.312. The quantitative estimate of drug-likeness (QED) is 0.856. The lowest BCUT2D eigenvalue weighted by atomic mass is 10.1. The largest absolute Gasteiger partial charge is 0.481 e. The van der Waals surface area contributed by atoms with Crippen molar-refractivity contribution < 1.29 is 14.7 Å². The maximum absolute atomic E-state index is 12.1. The van der Waals surface area contributed by atoms with Crippen LogP contribution in [0.4, 0.5) is 0 Å². The Morgan fingerprint density at radius 2 is 2.09 bits per heavy atom. The van der Waals surface area contributed by atoms with E-state index in [0.29, 0.717) is 12.0 Å². The van der Waals surface area contributed by atoms with Gasteiger partial charge in [-0.25, -0.2) is 4.68 Å². The van der Waals surface area contributed by atoms with Gasteiger partial charge in [-0.2, -0.15) is 5.10 Å². The molecule has 0 aliphatic heterocycles. The number of benzene rings is 1. The van der Waals surface area contributed by atoms with Crippen LogP contribution in [0.2, 0.25) is 0 Å². The van der Waals surface area contributed by atoms with Crippen LogP contribution in [0.5, 0.6) is 0 Å². The van der Waals surface area contributed by atoms with E-state index in [2.05, 4.69) is 10.4 Å². The number of carbonyl (C=O) groups is 2. The first-order valence-corrected chi connectivity index (χ1v) is 7.10. The van der Waals surface area contributed by atoms with E-state index in [0.717, 1.165) is 11.3 Å². The van der Waals surface area contributed by atoms with Gasteiger partial charge in [0.05, 0.1) is 17.4 Å². The number of para-hydroxylation sites is 1. The lowest BCUT2D eigenvalue weighted by molar-refractivity contribution is -0.137. The van der Waals surface area contributed by atoms with Gasteiger partial charge in [0, 0.05) is 18.7 Å². The van der Waals surface area contributed by atoms with Crippen LogP contribution in [0.3, 0.4) is 0 Å². The summed E-state index contributed by atoms with van der Waals surface area (Å²) in [5.74, 6) is -1.12. The van der Waals surface area contributed by atoms with Crippen LogP contribution in [0.25, 0.3) is 5.69 Å². The highest BCUT2D eigenvalue weighted by Crippen LogP contribution is 2.13. The Hall–Kier alpha value is -2.63. The van der Waals surface area contributed by atoms with Crippen molar-refractivity contribution in [3.05, 3.63) is 47.8 Å². The molecule has 0 radical (unpaired) electrons. The van der Waals surface area contributed by atoms with E-state index in [4.69, 9.17) is 5.11 Å². The molecule has 0 saturated carbocycles. The monoisotopic (exact) mass is 301 g/mol. The number of aliphatic carboxylic acids is 1. The molecule has 0 aliphatic carbocycles. The van der Waals surface area contributed by atoms with Gasteiger partial charge < -0.3 is 10.4 Å². The minimum Gasteiger partial charge on any atom is -0.481 e. The van der Waals surface area contributed by atoms with E-state index in [1.807, 2.05) is 31.2 Å². The van der Waals surface area contributed by atoms with Gasteiger partial charge in [-0.05, 0) is 31.9 Å². The number of nitrogens with one attached hydrogen (secondary N) is 1. The van der Waals surface area contributed by atoms with E-state index in [1.165, 1.54) is 6.20 Å². The van der Waals surface area contributed by atoms with E-state index in [-0.39, 0.29) is 18.4 Å². The van der Waals surface area contributed by atoms with Crippen LogP contribution < -0.4 is 5.32 Å². The summed E-state index contributed by atoms with van der Waals surface area (Å²) < 4.78 is 1.66. The molecule has 2 rings (SSSR count). The van der Waals surface area contributed by atoms with Gasteiger partial charge in [-0.3, -0.25) is 9.59 Å². The standard InChI is InChI=1S/C16H19N3O3/c1-11-5-3-4-6-14(11)19-10-13(9-17-19)16(22)18-12(2)7-8-15(20)21/h3-6,9-10,12H,7-8H2,1-2H3,(H,18,22)(H,20,21). The van der Waals surface area contributed by atoms with Crippen LogP contribution in [-0.4, -0.2) is 32.8 Å². The van der Waals surface area contributed by atoms with Gasteiger partial charge >= 0.3 is 5.97 Å². The Bertz CT molecular complexity index is 679. The topological polar surface area (TPSA) is 84.2 Å². The summed E-state index contributed by atoms with van der Waals surface area (Å²) in [6.45, 7) is 3.76. The second kappa shape index (κ2) is 6.89. The first-order valence-electron chi connectivity index (χ1n) is 7.10. The van der Waals surface area contributed by atoms with Crippen molar-refractivity contribution in [1.29, 1.82) is 0 Å². The maximum atomic E-state index is 12.1. The van der Waals surface area contributed by atoms with Crippen molar-refractivity contribution in [3.63, 3.8) is 0 Å². The first kappa shape index (κ1) is 15.8. The van der Waals surface area contributed by atoms with E-state index < -0.39 is 5.97 Å². The highest BCUT2D eigenvalue weighted by atomic mass is 16.4. The minimum atomic E-state index is -0.867. The third-order valence-corrected chi connectivity index (χ3v) is 3.38. The molecule has 1 atom stereocenters. The summed E-state index contributed by atoms with van der Waals surface area (Å²) in [5.41, 5.74) is 2.43. The summed E-state index contributed by atoms with van der Waals surface area (Å²) in [4.78, 5) is 22.6. The Kier molecular flexibility index (Phi) is 4.93. The molecule has 0 bridgehead atoms. The SMILES string of the molecule is Cc1ccccc1-n1cc(C(=O)NC(C)CCC(=O)O)cn1. The Balaban J connectivity index is 2.03. The van der Waals surface area contributed by atoms with E-state index >= 15 is 0 Å². The van der Waals surface area contributed by atoms with Crippen LogP contribution >= 0.6 is 0 Å². The number of carboxylic acids is 1. The van der Waals surface area contributed by atoms with Crippen LogP contribution in [0.1, 0.15) is 35.7 Å². The lowest BCUT2D eigenvalue weighted by Crippen LogP contribution is -2.32. The minimum absolute atomic E-state index is 0.0317. The van der Waals surface area contributed by atoms with Gasteiger partial charge in [0.2, 0.25) is 0 Å². The second-order valence-corrected chi connectivity index (χ2v) is 5.27. The van der Waals surface area contributed by atoms with Gasteiger partial charge in [-0.1, -0.05) is 18.2 Å². The van der Waals surface area contributed by atoms with Gasteiger partial charge in [0.25, 0.3) is 5.91 Å². The predicted octanol–water partition coefficient (Wildman–Crippen LogP) is 2.16. The molecule has 2 aromatic rings. The summed E-state index contributed by atoms with van der Waals surface area (Å²) in [6, 6.07) is 7.56. The number of carboxylic acid groups (broad SMARTS) is 1. The summed E-state index contributed by atoms with van der Waals surface area (Å²) in [5, 5.41) is 15.6. The highest BCUT2D eigenvalue weighted by molar-refractivity contribution is 5.94. The number of hydrogen-bond donors (Lipinski definition) is 2. The van der Waals surface area contributed by atoms with Gasteiger partial charge in [0.1, 0.15) is 0 Å². The summed E-state index contributed by atoms with van der Waals surface area (Å²) >= 11 is 0. The molecule has 0 aliphatic rings. The normalized spacial score (nSPS) is 11.9. The number of aromatic nitrogens is 2. The molecule has 1 aromatic carbocycles. The Morgan fingerprint density at radius 3 is 2.77 bits per heavy atom. The Labute approximate surface area is 128 Å². The third kappa shape index (κ3) is 3.94. The molecule has 1 unspecified atom stereocenters. The fourth-order valence-electron chi connectivity index (χ4n) is 2.11. The molecule has 1 aromatic heterocycles. The number of nitrogens with zero attached hydrogens (tertiary/aromatic N) is 2. The van der Waals surface area contributed by atoms with Crippen molar-refractivity contribution in [2.75, 3.05) is 0 Å². The molecule has 2 N–H and O–H groups in total. The fourth-order valence-corrected chi connectivity index (χ4v) is 2.11. The van der Waals surface area contributed by atoms with E-state index in [1.54, 1.807) is 17.8 Å². The van der Waals surface area contributed by atoms with Crippen molar-refractivity contribution >= 4 is 11.9 Å². The second-order valence-electron chi connectivity index (χ2n) is 5.27. The predicted molar refractivity (Wildman–Crippen MR) is 82.1 cm³/mol. The van der Waals surface area contributed by atoms with Crippen molar-refractivity contribution in [3.8, 4) is 5.69 Å². The molecule has 0 spiro atoms. The number of rotatable bonds is 6. The molecule has 0 fully saturated rings. The van der Waals surface area contributed by atoms with Crippen molar-refractivity contribution in [1.82, 2.24) is 15.1 Å². The molecular formula is C16H19N3O3. The summed E-state index contributed by atoms with van der Waals surface area (Å²) in [7, 11) is 0.